The molecular formula is C14H15N5O3S. The molecule has 1 unspecified atom stereocenters. The lowest BCUT2D eigenvalue weighted by Gasteiger charge is -2.23. The van der Waals surface area contributed by atoms with Gasteiger partial charge in [0.2, 0.25) is 5.91 Å². The van der Waals surface area contributed by atoms with Crippen LogP contribution in [0.15, 0.2) is 28.5 Å². The number of hydrogen-bond donors (Lipinski definition) is 1. The van der Waals surface area contributed by atoms with Crippen molar-refractivity contribution < 1.29 is 9.59 Å². The van der Waals surface area contributed by atoms with Crippen molar-refractivity contribution in [3.05, 3.63) is 39.8 Å². The Morgan fingerprint density at radius 1 is 1.39 bits per heavy atom. The maximum atomic E-state index is 12.6. The van der Waals surface area contributed by atoms with Gasteiger partial charge in [-0.05, 0) is 18.9 Å². The average molecular weight is 333 g/mol. The van der Waals surface area contributed by atoms with Crippen molar-refractivity contribution in [2.45, 2.75) is 18.9 Å². The van der Waals surface area contributed by atoms with E-state index in [2.05, 4.69) is 15.4 Å². The lowest BCUT2D eigenvalue weighted by molar-refractivity contribution is -0.119. The average Bonchev–Trinajstić information content (AvgIpc) is 3.20. The number of anilines is 1. The van der Waals surface area contributed by atoms with Gasteiger partial charge in [0.1, 0.15) is 11.7 Å². The zero-order chi connectivity index (χ0) is 16.4. The first-order chi connectivity index (χ1) is 11.1. The molecule has 1 atom stereocenters. The second-order valence-electron chi connectivity index (χ2n) is 5.16. The van der Waals surface area contributed by atoms with Gasteiger partial charge >= 0.3 is 0 Å². The summed E-state index contributed by atoms with van der Waals surface area (Å²) >= 11 is 1.32. The van der Waals surface area contributed by atoms with Gasteiger partial charge in [-0.25, -0.2) is 9.67 Å². The van der Waals surface area contributed by atoms with Crippen molar-refractivity contribution in [3.8, 4) is 0 Å². The van der Waals surface area contributed by atoms with Crippen LogP contribution in [-0.2, 0) is 11.8 Å². The van der Waals surface area contributed by atoms with Crippen LogP contribution in [0, 0.1) is 0 Å². The Labute approximate surface area is 135 Å². The van der Waals surface area contributed by atoms with E-state index < -0.39 is 6.04 Å². The molecule has 0 aliphatic carbocycles. The van der Waals surface area contributed by atoms with Crippen LogP contribution >= 0.6 is 11.3 Å². The highest BCUT2D eigenvalue weighted by molar-refractivity contribution is 7.13. The van der Waals surface area contributed by atoms with Crippen molar-refractivity contribution in [2.75, 3.05) is 11.9 Å². The van der Waals surface area contributed by atoms with E-state index in [4.69, 9.17) is 0 Å². The molecule has 1 fully saturated rings. The van der Waals surface area contributed by atoms with Gasteiger partial charge in [-0.3, -0.25) is 14.4 Å². The van der Waals surface area contributed by atoms with Gasteiger partial charge in [0, 0.05) is 31.2 Å². The van der Waals surface area contributed by atoms with Crippen molar-refractivity contribution in [2.24, 2.45) is 7.05 Å². The molecule has 9 heteroatoms. The van der Waals surface area contributed by atoms with Crippen molar-refractivity contribution >= 4 is 28.3 Å². The smallest absolute Gasteiger partial charge is 0.274 e. The molecule has 3 rings (SSSR count). The molecule has 1 saturated heterocycles. The molecule has 0 radical (unpaired) electrons. The van der Waals surface area contributed by atoms with Crippen molar-refractivity contribution in [1.29, 1.82) is 0 Å². The fraction of sp³-hybridized carbons (Fsp3) is 0.357. The molecule has 0 saturated carbocycles. The lowest BCUT2D eigenvalue weighted by Crippen LogP contribution is -2.43. The summed E-state index contributed by atoms with van der Waals surface area (Å²) in [6.45, 7) is 0.485. The highest BCUT2D eigenvalue weighted by Gasteiger charge is 2.35. The molecule has 120 valence electrons. The van der Waals surface area contributed by atoms with E-state index in [1.54, 1.807) is 11.6 Å². The fourth-order valence-electron chi connectivity index (χ4n) is 2.52. The molecule has 2 aromatic rings. The Bertz CT molecular complexity index is 786. The predicted molar refractivity (Wildman–Crippen MR) is 84.3 cm³/mol. The molecular weight excluding hydrogens is 318 g/mol. The topological polar surface area (TPSA) is 97.2 Å². The molecule has 23 heavy (non-hydrogen) atoms. The minimum Gasteiger partial charge on any atom is -0.325 e. The summed E-state index contributed by atoms with van der Waals surface area (Å²) in [5.41, 5.74) is -0.137. The Morgan fingerprint density at radius 2 is 2.22 bits per heavy atom. The minimum atomic E-state index is -0.551. The third-order valence-electron chi connectivity index (χ3n) is 3.66. The molecule has 2 amide bonds. The molecule has 1 aliphatic heterocycles. The monoisotopic (exact) mass is 333 g/mol. The van der Waals surface area contributed by atoms with E-state index in [1.807, 2.05) is 0 Å². The largest absolute Gasteiger partial charge is 0.325 e. The summed E-state index contributed by atoms with van der Waals surface area (Å²) in [6, 6.07) is 2.13. The van der Waals surface area contributed by atoms with Crippen LogP contribution in [0.2, 0.25) is 0 Å². The van der Waals surface area contributed by atoms with Gasteiger partial charge in [0.05, 0.1) is 0 Å². The van der Waals surface area contributed by atoms with E-state index in [-0.39, 0.29) is 23.1 Å². The Balaban J connectivity index is 1.77. The first-order valence-electron chi connectivity index (χ1n) is 7.12. The van der Waals surface area contributed by atoms with E-state index in [9.17, 15) is 14.4 Å². The normalized spacial score (nSPS) is 17.3. The summed E-state index contributed by atoms with van der Waals surface area (Å²) in [4.78, 5) is 41.8. The molecule has 1 aliphatic rings. The zero-order valence-corrected chi connectivity index (χ0v) is 13.2. The SMILES string of the molecule is Cn1nc(C(=O)N2CCCC2C(=O)Nc2nccs2)ccc1=O. The van der Waals surface area contributed by atoms with Crippen molar-refractivity contribution in [3.63, 3.8) is 0 Å². The predicted octanol–water partition coefficient (Wildman–Crippen LogP) is 0.480. The maximum Gasteiger partial charge on any atom is 0.274 e. The number of thiazole rings is 1. The van der Waals surface area contributed by atoms with E-state index in [0.29, 0.717) is 18.1 Å². The van der Waals surface area contributed by atoms with Crippen molar-refractivity contribution in [1.82, 2.24) is 19.7 Å². The van der Waals surface area contributed by atoms with E-state index in [0.717, 1.165) is 11.1 Å². The van der Waals surface area contributed by atoms with Gasteiger partial charge in [0.25, 0.3) is 11.5 Å². The molecule has 1 N–H and O–H groups in total. The number of carbonyl (C=O) groups excluding carboxylic acids is 2. The third-order valence-corrected chi connectivity index (χ3v) is 4.35. The Morgan fingerprint density at radius 3 is 2.91 bits per heavy atom. The summed E-state index contributed by atoms with van der Waals surface area (Å²) in [5.74, 6) is -0.604. The number of nitrogens with one attached hydrogen (secondary N) is 1. The van der Waals surface area contributed by atoms with E-state index >= 15 is 0 Å². The third kappa shape index (κ3) is 3.14. The number of nitrogens with zero attached hydrogens (tertiary/aromatic N) is 4. The fourth-order valence-corrected chi connectivity index (χ4v) is 3.05. The van der Waals surface area contributed by atoms with Gasteiger partial charge in [-0.1, -0.05) is 0 Å². The standard InChI is InChI=1S/C14H15N5O3S/c1-18-11(20)5-4-9(17-18)13(22)19-7-2-3-10(19)12(21)16-14-15-6-8-23-14/h4-6,8,10H,2-3,7H2,1H3,(H,15,16,21). The number of aryl methyl sites for hydroxylation is 1. The quantitative estimate of drug-likeness (QED) is 0.881. The van der Waals surface area contributed by atoms with Crippen LogP contribution in [0.1, 0.15) is 23.3 Å². The Kier molecular flexibility index (Phi) is 4.20. The second-order valence-corrected chi connectivity index (χ2v) is 6.06. The summed E-state index contributed by atoms with van der Waals surface area (Å²) in [5, 5.41) is 8.95. The first-order valence-corrected chi connectivity index (χ1v) is 8.00. The highest BCUT2D eigenvalue weighted by Crippen LogP contribution is 2.21. The van der Waals surface area contributed by atoms with Gasteiger partial charge in [-0.15, -0.1) is 11.3 Å². The van der Waals surface area contributed by atoms with Gasteiger partial charge < -0.3 is 10.2 Å². The van der Waals surface area contributed by atoms with E-state index in [1.165, 1.54) is 35.4 Å². The number of rotatable bonds is 3. The molecule has 0 spiro atoms. The lowest BCUT2D eigenvalue weighted by atomic mass is 10.2. The second kappa shape index (κ2) is 6.29. The van der Waals surface area contributed by atoms with Gasteiger partial charge in [-0.2, -0.15) is 5.10 Å². The number of hydrogen-bond acceptors (Lipinski definition) is 6. The Hall–Kier alpha value is -2.55. The van der Waals surface area contributed by atoms with Crippen LogP contribution in [-0.4, -0.2) is 44.1 Å². The number of amides is 2. The molecule has 8 nitrogen and oxygen atoms in total. The minimum absolute atomic E-state index is 0.154. The van der Waals surface area contributed by atoms with Crippen LogP contribution in [0.5, 0.6) is 0 Å². The van der Waals surface area contributed by atoms with Gasteiger partial charge in [0.15, 0.2) is 5.13 Å². The molecule has 3 heterocycles. The van der Waals surface area contributed by atoms with Crippen LogP contribution in [0.3, 0.4) is 0 Å². The summed E-state index contributed by atoms with van der Waals surface area (Å²) in [7, 11) is 1.48. The number of aromatic nitrogens is 3. The molecule has 0 bridgehead atoms. The maximum absolute atomic E-state index is 12.6. The molecule has 2 aromatic heterocycles. The highest BCUT2D eigenvalue weighted by atomic mass is 32.1. The summed E-state index contributed by atoms with van der Waals surface area (Å²) < 4.78 is 1.11. The summed E-state index contributed by atoms with van der Waals surface area (Å²) in [6.07, 6.45) is 2.94. The zero-order valence-electron chi connectivity index (χ0n) is 12.4. The first kappa shape index (κ1) is 15.3. The van der Waals surface area contributed by atoms with Crippen LogP contribution < -0.4 is 10.9 Å². The van der Waals surface area contributed by atoms with Crippen LogP contribution in [0.25, 0.3) is 0 Å². The number of carbonyl (C=O) groups is 2. The number of likely N-dealkylation sites (tertiary alicyclic amines) is 1. The van der Waals surface area contributed by atoms with Crippen LogP contribution in [0.4, 0.5) is 5.13 Å². The molecule has 0 aromatic carbocycles.